The first-order valence-electron chi connectivity index (χ1n) is 4.57. The normalized spacial score (nSPS) is 9.93. The van der Waals surface area contributed by atoms with Crippen molar-refractivity contribution in [2.75, 3.05) is 5.73 Å². The predicted molar refractivity (Wildman–Crippen MR) is 64.6 cm³/mol. The number of benzene rings is 2. The van der Waals surface area contributed by atoms with E-state index in [0.29, 0.717) is 11.4 Å². The molecule has 3 heteroatoms. The molecule has 0 aliphatic rings. The van der Waals surface area contributed by atoms with Crippen LogP contribution in [0, 0.1) is 0 Å². The summed E-state index contributed by atoms with van der Waals surface area (Å²) in [7, 11) is 0. The lowest BCUT2D eigenvalue weighted by atomic mass is 10.3. The van der Waals surface area contributed by atoms with E-state index in [1.165, 1.54) is 0 Å². The van der Waals surface area contributed by atoms with Gasteiger partial charge in [-0.15, -0.1) is 12.6 Å². The van der Waals surface area contributed by atoms with Crippen molar-refractivity contribution in [3.8, 4) is 11.5 Å². The maximum absolute atomic E-state index is 5.76. The summed E-state index contributed by atoms with van der Waals surface area (Å²) >= 11 is 4.24. The second-order valence-electron chi connectivity index (χ2n) is 3.14. The zero-order chi connectivity index (χ0) is 10.7. The minimum absolute atomic E-state index is 0.627. The van der Waals surface area contributed by atoms with E-state index in [1.54, 1.807) is 6.07 Å². The first-order chi connectivity index (χ1) is 7.25. The van der Waals surface area contributed by atoms with Crippen molar-refractivity contribution in [1.82, 2.24) is 0 Å². The van der Waals surface area contributed by atoms with Crippen molar-refractivity contribution in [3.63, 3.8) is 0 Å². The fraction of sp³-hybridized carbons (Fsp3) is 0. The molecule has 0 fully saturated rings. The molecule has 15 heavy (non-hydrogen) atoms. The van der Waals surface area contributed by atoms with E-state index in [4.69, 9.17) is 10.5 Å². The number of anilines is 1. The topological polar surface area (TPSA) is 35.2 Å². The van der Waals surface area contributed by atoms with Gasteiger partial charge in [0.2, 0.25) is 0 Å². The molecule has 0 spiro atoms. The van der Waals surface area contributed by atoms with Crippen LogP contribution < -0.4 is 10.5 Å². The van der Waals surface area contributed by atoms with E-state index in [9.17, 15) is 0 Å². The Morgan fingerprint density at radius 2 is 1.80 bits per heavy atom. The molecule has 0 saturated heterocycles. The second kappa shape index (κ2) is 4.28. The van der Waals surface area contributed by atoms with E-state index >= 15 is 0 Å². The highest BCUT2D eigenvalue weighted by atomic mass is 32.1. The first-order valence-corrected chi connectivity index (χ1v) is 5.02. The van der Waals surface area contributed by atoms with Crippen molar-refractivity contribution in [1.29, 1.82) is 0 Å². The molecular formula is C12H11NOS. The Bertz CT molecular complexity index is 471. The number of nitrogens with two attached hydrogens (primary N) is 1. The zero-order valence-corrected chi connectivity index (χ0v) is 8.95. The number of rotatable bonds is 2. The number of ether oxygens (including phenoxy) is 1. The maximum atomic E-state index is 5.76. The Hall–Kier alpha value is -1.61. The lowest BCUT2D eigenvalue weighted by Gasteiger charge is -2.07. The van der Waals surface area contributed by atoms with Gasteiger partial charge in [-0.25, -0.2) is 0 Å². The third-order valence-electron chi connectivity index (χ3n) is 1.96. The van der Waals surface area contributed by atoms with E-state index in [0.717, 1.165) is 10.6 Å². The van der Waals surface area contributed by atoms with Crippen LogP contribution in [0.3, 0.4) is 0 Å². The van der Waals surface area contributed by atoms with Gasteiger partial charge < -0.3 is 10.5 Å². The van der Waals surface area contributed by atoms with Gasteiger partial charge in [-0.1, -0.05) is 18.2 Å². The summed E-state index contributed by atoms with van der Waals surface area (Å²) in [6.07, 6.45) is 0. The molecule has 0 aromatic heterocycles. The molecule has 0 aliphatic carbocycles. The summed E-state index contributed by atoms with van der Waals surface area (Å²) in [5.74, 6) is 1.40. The van der Waals surface area contributed by atoms with Crippen molar-refractivity contribution in [2.45, 2.75) is 4.90 Å². The van der Waals surface area contributed by atoms with Gasteiger partial charge in [0.05, 0.1) is 5.69 Å². The summed E-state index contributed by atoms with van der Waals surface area (Å²) in [5, 5.41) is 0. The molecule has 76 valence electrons. The van der Waals surface area contributed by atoms with Crippen molar-refractivity contribution < 1.29 is 4.74 Å². The van der Waals surface area contributed by atoms with E-state index in [1.807, 2.05) is 42.5 Å². The zero-order valence-electron chi connectivity index (χ0n) is 8.05. The standard InChI is InChI=1S/C12H11NOS/c13-11-6-1-2-7-12(11)14-9-4-3-5-10(15)8-9/h1-8,15H,13H2. The average molecular weight is 217 g/mol. The summed E-state index contributed by atoms with van der Waals surface area (Å²) in [4.78, 5) is 0.863. The molecular weight excluding hydrogens is 206 g/mol. The van der Waals surface area contributed by atoms with E-state index in [-0.39, 0.29) is 0 Å². The largest absolute Gasteiger partial charge is 0.455 e. The number of hydrogen-bond donors (Lipinski definition) is 2. The monoisotopic (exact) mass is 217 g/mol. The molecule has 0 radical (unpaired) electrons. The second-order valence-corrected chi connectivity index (χ2v) is 3.65. The number of para-hydroxylation sites is 2. The van der Waals surface area contributed by atoms with E-state index < -0.39 is 0 Å². The third kappa shape index (κ3) is 2.44. The smallest absolute Gasteiger partial charge is 0.150 e. The van der Waals surface area contributed by atoms with Gasteiger partial charge in [-0.2, -0.15) is 0 Å². The van der Waals surface area contributed by atoms with Crippen LogP contribution in [-0.4, -0.2) is 0 Å². The SMILES string of the molecule is Nc1ccccc1Oc1cccc(S)c1. The maximum Gasteiger partial charge on any atom is 0.150 e. The van der Waals surface area contributed by atoms with Gasteiger partial charge in [0.15, 0.2) is 0 Å². The Balaban J connectivity index is 2.26. The number of nitrogen functional groups attached to an aromatic ring is 1. The minimum atomic E-state index is 0.627. The highest BCUT2D eigenvalue weighted by Crippen LogP contribution is 2.27. The van der Waals surface area contributed by atoms with Gasteiger partial charge in [0.1, 0.15) is 11.5 Å². The Morgan fingerprint density at radius 3 is 2.53 bits per heavy atom. The first kappa shape index (κ1) is 9.93. The van der Waals surface area contributed by atoms with Gasteiger partial charge in [0.25, 0.3) is 0 Å². The van der Waals surface area contributed by atoms with Crippen molar-refractivity contribution >= 4 is 18.3 Å². The molecule has 0 bridgehead atoms. The molecule has 2 N–H and O–H groups in total. The molecule has 0 heterocycles. The summed E-state index contributed by atoms with van der Waals surface area (Å²) in [6.45, 7) is 0. The molecule has 2 nitrogen and oxygen atoms in total. The average Bonchev–Trinajstić information content (AvgIpc) is 2.22. The van der Waals surface area contributed by atoms with Crippen molar-refractivity contribution in [3.05, 3.63) is 48.5 Å². The Labute approximate surface area is 94.1 Å². The van der Waals surface area contributed by atoms with Crippen LogP contribution >= 0.6 is 12.6 Å². The Morgan fingerprint density at radius 1 is 1.00 bits per heavy atom. The van der Waals surface area contributed by atoms with Crippen LogP contribution in [-0.2, 0) is 0 Å². The molecule has 0 aliphatic heterocycles. The lowest BCUT2D eigenvalue weighted by Crippen LogP contribution is -1.91. The van der Waals surface area contributed by atoms with Crippen LogP contribution in [0.1, 0.15) is 0 Å². The number of thiol groups is 1. The minimum Gasteiger partial charge on any atom is -0.455 e. The Kier molecular flexibility index (Phi) is 2.83. The molecule has 0 saturated carbocycles. The summed E-state index contributed by atoms with van der Waals surface area (Å²) < 4.78 is 5.62. The molecule has 2 rings (SSSR count). The summed E-state index contributed by atoms with van der Waals surface area (Å²) in [6, 6.07) is 14.9. The van der Waals surface area contributed by atoms with Gasteiger partial charge in [-0.3, -0.25) is 0 Å². The molecule has 0 amide bonds. The van der Waals surface area contributed by atoms with Gasteiger partial charge in [0, 0.05) is 4.90 Å². The highest BCUT2D eigenvalue weighted by molar-refractivity contribution is 7.80. The van der Waals surface area contributed by atoms with Gasteiger partial charge in [-0.05, 0) is 30.3 Å². The molecule has 0 atom stereocenters. The van der Waals surface area contributed by atoms with Crippen LogP contribution in [0.5, 0.6) is 11.5 Å². The number of hydrogen-bond acceptors (Lipinski definition) is 3. The van der Waals surface area contributed by atoms with Gasteiger partial charge >= 0.3 is 0 Å². The fourth-order valence-corrected chi connectivity index (χ4v) is 1.46. The van der Waals surface area contributed by atoms with E-state index in [2.05, 4.69) is 12.6 Å². The van der Waals surface area contributed by atoms with Crippen molar-refractivity contribution in [2.24, 2.45) is 0 Å². The highest BCUT2D eigenvalue weighted by Gasteiger charge is 2.00. The molecule has 0 unspecified atom stereocenters. The van der Waals surface area contributed by atoms with Crippen LogP contribution in [0.25, 0.3) is 0 Å². The van der Waals surface area contributed by atoms with Crippen LogP contribution in [0.15, 0.2) is 53.4 Å². The van der Waals surface area contributed by atoms with Crippen LogP contribution in [0.4, 0.5) is 5.69 Å². The molecule has 2 aromatic rings. The summed E-state index contributed by atoms with van der Waals surface area (Å²) in [5.41, 5.74) is 6.39. The predicted octanol–water partition coefficient (Wildman–Crippen LogP) is 3.35. The molecule has 2 aromatic carbocycles. The lowest BCUT2D eigenvalue weighted by molar-refractivity contribution is 0.484. The van der Waals surface area contributed by atoms with Crippen LogP contribution in [0.2, 0.25) is 0 Å². The third-order valence-corrected chi connectivity index (χ3v) is 2.24. The quantitative estimate of drug-likeness (QED) is 0.597. The fourth-order valence-electron chi connectivity index (χ4n) is 1.25.